The Morgan fingerprint density at radius 1 is 1.04 bits per heavy atom. The average molecular weight is 349 g/mol. The molecule has 1 amide bonds. The van der Waals surface area contributed by atoms with Crippen LogP contribution in [0.1, 0.15) is 34.9 Å². The standard InChI is InChI=1S/C19H19N5O2/c25-18(15-6-2-1-3-7-15)23-12-9-14(10-13-23)17-21-19(26)24(22-17)16-8-4-5-11-20-16/h1-8,11,14H,9-10,12-13H2,(H,21,22,26). The molecule has 0 unspecified atom stereocenters. The van der Waals surface area contributed by atoms with Gasteiger partial charge in [0.15, 0.2) is 5.82 Å². The molecule has 0 spiro atoms. The van der Waals surface area contributed by atoms with Crippen molar-refractivity contribution in [3.63, 3.8) is 0 Å². The van der Waals surface area contributed by atoms with Crippen LogP contribution in [0.3, 0.4) is 0 Å². The Balaban J connectivity index is 1.46. The summed E-state index contributed by atoms with van der Waals surface area (Å²) < 4.78 is 1.29. The number of hydrogen-bond acceptors (Lipinski definition) is 4. The number of hydrogen-bond donors (Lipinski definition) is 1. The molecule has 1 aliphatic rings. The van der Waals surface area contributed by atoms with E-state index in [1.807, 2.05) is 41.3 Å². The molecule has 1 N–H and O–H groups in total. The molecule has 1 saturated heterocycles. The Hall–Kier alpha value is -3.22. The van der Waals surface area contributed by atoms with Gasteiger partial charge in [0.2, 0.25) is 0 Å². The molecule has 0 aliphatic carbocycles. The maximum absolute atomic E-state index is 12.5. The summed E-state index contributed by atoms with van der Waals surface area (Å²) in [7, 11) is 0. The van der Waals surface area contributed by atoms with Crippen molar-refractivity contribution >= 4 is 5.91 Å². The van der Waals surface area contributed by atoms with E-state index in [0.717, 1.165) is 12.8 Å². The number of piperidine rings is 1. The minimum Gasteiger partial charge on any atom is -0.339 e. The minimum atomic E-state index is -0.290. The van der Waals surface area contributed by atoms with Gasteiger partial charge in [-0.15, -0.1) is 5.10 Å². The number of carbonyl (C=O) groups excluding carboxylic acids is 1. The second-order valence-electron chi connectivity index (χ2n) is 6.35. The van der Waals surface area contributed by atoms with Crippen LogP contribution in [0.15, 0.2) is 59.5 Å². The fraction of sp³-hybridized carbons (Fsp3) is 0.263. The van der Waals surface area contributed by atoms with E-state index in [2.05, 4.69) is 15.1 Å². The first-order valence-electron chi connectivity index (χ1n) is 8.67. The van der Waals surface area contributed by atoms with E-state index >= 15 is 0 Å². The first kappa shape index (κ1) is 16.3. The number of aromatic amines is 1. The average Bonchev–Trinajstić information content (AvgIpc) is 3.10. The number of nitrogens with zero attached hydrogens (tertiary/aromatic N) is 4. The molecule has 132 valence electrons. The van der Waals surface area contributed by atoms with E-state index in [0.29, 0.717) is 30.3 Å². The highest BCUT2D eigenvalue weighted by Gasteiger charge is 2.27. The number of H-pyrrole nitrogens is 1. The van der Waals surface area contributed by atoms with E-state index < -0.39 is 0 Å². The summed E-state index contributed by atoms with van der Waals surface area (Å²) in [6.45, 7) is 1.30. The van der Waals surface area contributed by atoms with Crippen LogP contribution in [-0.4, -0.2) is 43.6 Å². The largest absolute Gasteiger partial charge is 0.349 e. The molecule has 3 heterocycles. The Morgan fingerprint density at radius 3 is 2.46 bits per heavy atom. The predicted molar refractivity (Wildman–Crippen MR) is 96.3 cm³/mol. The molecule has 7 heteroatoms. The number of rotatable bonds is 3. The van der Waals surface area contributed by atoms with Crippen LogP contribution in [0, 0.1) is 0 Å². The smallest absolute Gasteiger partial charge is 0.339 e. The summed E-state index contributed by atoms with van der Waals surface area (Å²) in [4.78, 5) is 33.6. The van der Waals surface area contributed by atoms with Gasteiger partial charge in [-0.3, -0.25) is 9.78 Å². The van der Waals surface area contributed by atoms with Crippen LogP contribution in [-0.2, 0) is 0 Å². The zero-order chi connectivity index (χ0) is 17.9. The first-order valence-corrected chi connectivity index (χ1v) is 8.67. The number of benzene rings is 1. The maximum atomic E-state index is 12.5. The monoisotopic (exact) mass is 349 g/mol. The molecule has 1 fully saturated rings. The van der Waals surface area contributed by atoms with E-state index in [9.17, 15) is 9.59 Å². The van der Waals surface area contributed by atoms with Crippen molar-refractivity contribution in [1.29, 1.82) is 0 Å². The van der Waals surface area contributed by atoms with Gasteiger partial charge in [0.1, 0.15) is 5.82 Å². The predicted octanol–water partition coefficient (Wildman–Crippen LogP) is 1.98. The fourth-order valence-corrected chi connectivity index (χ4v) is 3.28. The van der Waals surface area contributed by atoms with Crippen LogP contribution in [0.25, 0.3) is 5.82 Å². The summed E-state index contributed by atoms with van der Waals surface area (Å²) in [5, 5.41) is 4.41. The quantitative estimate of drug-likeness (QED) is 0.784. The molecule has 1 aliphatic heterocycles. The van der Waals surface area contributed by atoms with E-state index in [-0.39, 0.29) is 17.5 Å². The van der Waals surface area contributed by atoms with Gasteiger partial charge in [-0.1, -0.05) is 24.3 Å². The van der Waals surface area contributed by atoms with E-state index in [4.69, 9.17) is 0 Å². The second-order valence-corrected chi connectivity index (χ2v) is 6.35. The van der Waals surface area contributed by atoms with Gasteiger partial charge in [0.25, 0.3) is 5.91 Å². The molecule has 7 nitrogen and oxygen atoms in total. The van der Waals surface area contributed by atoms with Gasteiger partial charge in [-0.2, -0.15) is 4.68 Å². The summed E-state index contributed by atoms with van der Waals surface area (Å²) in [6.07, 6.45) is 3.17. The molecule has 0 radical (unpaired) electrons. The van der Waals surface area contributed by atoms with Gasteiger partial charge in [-0.25, -0.2) is 9.78 Å². The summed E-state index contributed by atoms with van der Waals surface area (Å²) >= 11 is 0. The lowest BCUT2D eigenvalue weighted by Crippen LogP contribution is -2.38. The van der Waals surface area contributed by atoms with Crippen molar-refractivity contribution in [1.82, 2.24) is 24.6 Å². The SMILES string of the molecule is O=C(c1ccccc1)N1CCC(c2nn(-c3ccccn3)c(=O)[nH]2)CC1. The van der Waals surface area contributed by atoms with Gasteiger partial charge in [-0.05, 0) is 37.1 Å². The molecule has 2 aromatic heterocycles. The highest BCUT2D eigenvalue weighted by Crippen LogP contribution is 2.26. The number of carbonyl (C=O) groups is 1. The van der Waals surface area contributed by atoms with Gasteiger partial charge in [0.05, 0.1) is 0 Å². The normalized spacial score (nSPS) is 15.2. The van der Waals surface area contributed by atoms with Crippen molar-refractivity contribution in [2.45, 2.75) is 18.8 Å². The summed E-state index contributed by atoms with van der Waals surface area (Å²) in [5.74, 6) is 1.34. The lowest BCUT2D eigenvalue weighted by Gasteiger charge is -2.31. The van der Waals surface area contributed by atoms with Crippen molar-refractivity contribution < 1.29 is 4.79 Å². The summed E-state index contributed by atoms with van der Waals surface area (Å²) in [5.41, 5.74) is 0.417. The zero-order valence-electron chi connectivity index (χ0n) is 14.2. The highest BCUT2D eigenvalue weighted by molar-refractivity contribution is 5.94. The van der Waals surface area contributed by atoms with Crippen LogP contribution in [0.4, 0.5) is 0 Å². The Labute approximate surface area is 150 Å². The van der Waals surface area contributed by atoms with Crippen molar-refractivity contribution in [2.24, 2.45) is 0 Å². The third-order valence-electron chi connectivity index (χ3n) is 4.69. The number of aromatic nitrogens is 4. The molecule has 0 saturated carbocycles. The number of amides is 1. The Kier molecular flexibility index (Phi) is 4.35. The molecule has 0 bridgehead atoms. The Morgan fingerprint density at radius 2 is 1.77 bits per heavy atom. The molecular weight excluding hydrogens is 330 g/mol. The van der Waals surface area contributed by atoms with Crippen LogP contribution >= 0.6 is 0 Å². The number of nitrogens with one attached hydrogen (secondary N) is 1. The van der Waals surface area contributed by atoms with Crippen molar-refractivity contribution in [3.8, 4) is 5.82 Å². The van der Waals surface area contributed by atoms with E-state index in [1.54, 1.807) is 18.3 Å². The highest BCUT2D eigenvalue weighted by atomic mass is 16.2. The van der Waals surface area contributed by atoms with Crippen molar-refractivity contribution in [2.75, 3.05) is 13.1 Å². The Bertz CT molecular complexity index is 941. The summed E-state index contributed by atoms with van der Waals surface area (Å²) in [6, 6.07) is 14.7. The second kappa shape index (κ2) is 6.95. The van der Waals surface area contributed by atoms with E-state index in [1.165, 1.54) is 4.68 Å². The minimum absolute atomic E-state index is 0.0524. The molecular formula is C19H19N5O2. The van der Waals surface area contributed by atoms with Crippen LogP contribution < -0.4 is 5.69 Å². The molecule has 26 heavy (non-hydrogen) atoms. The maximum Gasteiger partial charge on any atom is 0.349 e. The van der Waals surface area contributed by atoms with Gasteiger partial charge < -0.3 is 4.90 Å². The molecule has 4 rings (SSSR count). The number of likely N-dealkylation sites (tertiary alicyclic amines) is 1. The topological polar surface area (TPSA) is 83.9 Å². The molecule has 0 atom stereocenters. The van der Waals surface area contributed by atoms with Gasteiger partial charge in [0, 0.05) is 30.8 Å². The van der Waals surface area contributed by atoms with Crippen LogP contribution in [0.2, 0.25) is 0 Å². The molecule has 1 aromatic carbocycles. The van der Waals surface area contributed by atoms with Gasteiger partial charge >= 0.3 is 5.69 Å². The zero-order valence-corrected chi connectivity index (χ0v) is 14.2. The van der Waals surface area contributed by atoms with Crippen molar-refractivity contribution in [3.05, 3.63) is 76.6 Å². The third kappa shape index (κ3) is 3.15. The lowest BCUT2D eigenvalue weighted by atomic mass is 9.95. The third-order valence-corrected chi connectivity index (χ3v) is 4.69. The first-order chi connectivity index (χ1) is 12.7. The molecule has 3 aromatic rings. The lowest BCUT2D eigenvalue weighted by molar-refractivity contribution is 0.0711. The fourth-order valence-electron chi connectivity index (χ4n) is 3.28. The van der Waals surface area contributed by atoms with Crippen LogP contribution in [0.5, 0.6) is 0 Å². The number of pyridine rings is 1.